The molecular formula is C20H33N5O2. The summed E-state index contributed by atoms with van der Waals surface area (Å²) in [5, 5.41) is 4.40. The Morgan fingerprint density at radius 3 is 2.00 bits per heavy atom. The molecule has 2 aliphatic rings. The minimum absolute atomic E-state index is 0.160. The topological polar surface area (TPSA) is 61.7 Å². The fourth-order valence-electron chi connectivity index (χ4n) is 4.10. The molecule has 150 valence electrons. The molecule has 0 atom stereocenters. The minimum atomic E-state index is 0.160. The van der Waals surface area contributed by atoms with Crippen LogP contribution >= 0.6 is 0 Å². The smallest absolute Gasteiger partial charge is 0.236 e. The molecule has 0 radical (unpaired) electrons. The van der Waals surface area contributed by atoms with Gasteiger partial charge in [-0.05, 0) is 26.7 Å². The third kappa shape index (κ3) is 4.89. The first-order valence-corrected chi connectivity index (χ1v) is 10.2. The van der Waals surface area contributed by atoms with E-state index in [9.17, 15) is 9.59 Å². The number of aromatic nitrogens is 2. The minimum Gasteiger partial charge on any atom is -0.342 e. The lowest BCUT2D eigenvalue weighted by molar-refractivity contribution is -0.134. The first kappa shape index (κ1) is 19.9. The molecular weight excluding hydrogens is 342 g/mol. The molecule has 1 aromatic rings. The molecule has 2 fully saturated rings. The number of nitrogens with zero attached hydrogens (tertiary/aromatic N) is 5. The zero-order valence-corrected chi connectivity index (χ0v) is 17.0. The molecule has 7 heteroatoms. The van der Waals surface area contributed by atoms with Gasteiger partial charge >= 0.3 is 0 Å². The van der Waals surface area contributed by atoms with Gasteiger partial charge in [-0.2, -0.15) is 5.10 Å². The van der Waals surface area contributed by atoms with Crippen LogP contribution in [0.3, 0.4) is 0 Å². The molecule has 3 heterocycles. The molecule has 2 saturated heterocycles. The second-order valence-corrected chi connectivity index (χ2v) is 7.90. The SMILES string of the molecule is Cc1nn(C)c(C)c1CC(=O)N1CCN(CC(=O)N2CCCCCC2)CC1. The van der Waals surface area contributed by atoms with Crippen LogP contribution in [0.2, 0.25) is 0 Å². The van der Waals surface area contributed by atoms with E-state index in [1.165, 1.54) is 12.8 Å². The van der Waals surface area contributed by atoms with Gasteiger partial charge in [0.1, 0.15) is 0 Å². The van der Waals surface area contributed by atoms with Crippen LogP contribution in [-0.2, 0) is 23.1 Å². The van der Waals surface area contributed by atoms with E-state index in [0.29, 0.717) is 26.1 Å². The van der Waals surface area contributed by atoms with Crippen LogP contribution in [0.1, 0.15) is 42.6 Å². The van der Waals surface area contributed by atoms with Crippen molar-refractivity contribution < 1.29 is 9.59 Å². The Kier molecular flexibility index (Phi) is 6.52. The first-order valence-electron chi connectivity index (χ1n) is 10.2. The molecule has 0 spiro atoms. The monoisotopic (exact) mass is 375 g/mol. The summed E-state index contributed by atoms with van der Waals surface area (Å²) >= 11 is 0. The van der Waals surface area contributed by atoms with Crippen molar-refractivity contribution in [1.82, 2.24) is 24.5 Å². The fraction of sp³-hybridized carbons (Fsp3) is 0.750. The number of hydrogen-bond acceptors (Lipinski definition) is 4. The van der Waals surface area contributed by atoms with Crippen LogP contribution in [0.4, 0.5) is 0 Å². The molecule has 0 bridgehead atoms. The van der Waals surface area contributed by atoms with E-state index in [-0.39, 0.29) is 11.8 Å². The summed E-state index contributed by atoms with van der Waals surface area (Å²) in [5.41, 5.74) is 3.04. The lowest BCUT2D eigenvalue weighted by Gasteiger charge is -2.35. The Morgan fingerprint density at radius 2 is 1.44 bits per heavy atom. The van der Waals surface area contributed by atoms with E-state index in [1.54, 1.807) is 0 Å². The van der Waals surface area contributed by atoms with Gasteiger partial charge in [-0.1, -0.05) is 12.8 Å². The predicted molar refractivity (Wildman–Crippen MR) is 104 cm³/mol. The van der Waals surface area contributed by atoms with Gasteiger partial charge in [0, 0.05) is 57.6 Å². The summed E-state index contributed by atoms with van der Waals surface area (Å²) in [5.74, 6) is 0.408. The summed E-state index contributed by atoms with van der Waals surface area (Å²) < 4.78 is 1.84. The molecule has 3 rings (SSSR count). The molecule has 0 N–H and O–H groups in total. The van der Waals surface area contributed by atoms with Gasteiger partial charge in [-0.25, -0.2) is 0 Å². The van der Waals surface area contributed by atoms with E-state index in [0.717, 1.165) is 56.0 Å². The number of carbonyl (C=O) groups is 2. The van der Waals surface area contributed by atoms with Gasteiger partial charge in [-0.15, -0.1) is 0 Å². The van der Waals surface area contributed by atoms with Gasteiger partial charge in [0.2, 0.25) is 11.8 Å². The van der Waals surface area contributed by atoms with Crippen LogP contribution in [-0.4, -0.2) is 82.1 Å². The molecule has 2 amide bonds. The zero-order chi connectivity index (χ0) is 19.4. The highest BCUT2D eigenvalue weighted by Crippen LogP contribution is 2.15. The lowest BCUT2D eigenvalue weighted by Crippen LogP contribution is -2.52. The van der Waals surface area contributed by atoms with E-state index in [2.05, 4.69) is 10.00 Å². The summed E-state index contributed by atoms with van der Waals surface area (Å²) in [4.78, 5) is 31.4. The largest absolute Gasteiger partial charge is 0.342 e. The number of amides is 2. The highest BCUT2D eigenvalue weighted by Gasteiger charge is 2.25. The maximum atomic E-state index is 12.7. The van der Waals surface area contributed by atoms with Crippen molar-refractivity contribution in [3.63, 3.8) is 0 Å². The number of piperazine rings is 1. The van der Waals surface area contributed by atoms with Crippen LogP contribution in [0, 0.1) is 13.8 Å². The number of likely N-dealkylation sites (tertiary alicyclic amines) is 1. The van der Waals surface area contributed by atoms with Crippen LogP contribution in [0.25, 0.3) is 0 Å². The van der Waals surface area contributed by atoms with Gasteiger partial charge in [-0.3, -0.25) is 19.2 Å². The summed E-state index contributed by atoms with van der Waals surface area (Å²) in [7, 11) is 1.91. The van der Waals surface area contributed by atoms with Gasteiger partial charge in [0.25, 0.3) is 0 Å². The second-order valence-electron chi connectivity index (χ2n) is 7.90. The second kappa shape index (κ2) is 8.87. The Morgan fingerprint density at radius 1 is 0.852 bits per heavy atom. The summed E-state index contributed by atoms with van der Waals surface area (Å²) in [6.45, 7) is 9.21. The van der Waals surface area contributed by atoms with Crippen molar-refractivity contribution in [3.8, 4) is 0 Å². The maximum Gasteiger partial charge on any atom is 0.236 e. The third-order valence-electron chi connectivity index (χ3n) is 6.03. The van der Waals surface area contributed by atoms with Crippen molar-refractivity contribution in [1.29, 1.82) is 0 Å². The molecule has 27 heavy (non-hydrogen) atoms. The molecule has 0 aliphatic carbocycles. The quantitative estimate of drug-likeness (QED) is 0.791. The average Bonchev–Trinajstić information content (AvgIpc) is 2.87. The Balaban J connectivity index is 1.46. The van der Waals surface area contributed by atoms with E-state index < -0.39 is 0 Å². The van der Waals surface area contributed by atoms with E-state index >= 15 is 0 Å². The molecule has 2 aliphatic heterocycles. The maximum absolute atomic E-state index is 12.7. The van der Waals surface area contributed by atoms with E-state index in [1.807, 2.05) is 35.4 Å². The van der Waals surface area contributed by atoms with Crippen molar-refractivity contribution >= 4 is 11.8 Å². The van der Waals surface area contributed by atoms with E-state index in [4.69, 9.17) is 0 Å². The number of aryl methyl sites for hydroxylation is 2. The average molecular weight is 376 g/mol. The van der Waals surface area contributed by atoms with Gasteiger partial charge in [0.15, 0.2) is 0 Å². The molecule has 0 aromatic carbocycles. The van der Waals surface area contributed by atoms with Gasteiger partial charge in [0.05, 0.1) is 18.7 Å². The normalized spacial score (nSPS) is 19.2. The first-order chi connectivity index (χ1) is 13.0. The summed E-state index contributed by atoms with van der Waals surface area (Å²) in [6, 6.07) is 0. The predicted octanol–water partition coefficient (Wildman–Crippen LogP) is 1.13. The van der Waals surface area contributed by atoms with Crippen molar-refractivity contribution in [2.75, 3.05) is 45.8 Å². The Bertz CT molecular complexity index is 668. The van der Waals surface area contributed by atoms with Crippen molar-refractivity contribution in [3.05, 3.63) is 17.0 Å². The number of carbonyl (C=O) groups excluding carboxylic acids is 2. The molecule has 1 aromatic heterocycles. The van der Waals surface area contributed by atoms with Crippen LogP contribution in [0.5, 0.6) is 0 Å². The Labute approximate surface area is 162 Å². The standard InChI is InChI=1S/C20H33N5O2/c1-16-18(17(2)22(3)21-16)14-19(26)25-12-10-23(11-13-25)15-20(27)24-8-6-4-5-7-9-24/h4-15H2,1-3H3. The molecule has 0 unspecified atom stereocenters. The lowest BCUT2D eigenvalue weighted by atomic mass is 10.1. The van der Waals surface area contributed by atoms with Crippen LogP contribution < -0.4 is 0 Å². The fourth-order valence-corrected chi connectivity index (χ4v) is 4.10. The molecule has 0 saturated carbocycles. The van der Waals surface area contributed by atoms with Crippen molar-refractivity contribution in [2.45, 2.75) is 46.0 Å². The highest BCUT2D eigenvalue weighted by molar-refractivity contribution is 5.80. The molecule has 7 nitrogen and oxygen atoms in total. The number of hydrogen-bond donors (Lipinski definition) is 0. The van der Waals surface area contributed by atoms with Gasteiger partial charge < -0.3 is 9.80 Å². The third-order valence-corrected chi connectivity index (χ3v) is 6.03. The number of rotatable bonds is 4. The summed E-state index contributed by atoms with van der Waals surface area (Å²) in [6.07, 6.45) is 5.14. The Hall–Kier alpha value is -1.89. The van der Waals surface area contributed by atoms with Crippen LogP contribution in [0.15, 0.2) is 0 Å². The van der Waals surface area contributed by atoms with Crippen molar-refractivity contribution in [2.24, 2.45) is 7.05 Å². The highest BCUT2D eigenvalue weighted by atomic mass is 16.2. The zero-order valence-electron chi connectivity index (χ0n) is 17.0.